The molecule has 1 aromatic carbocycles. The van der Waals surface area contributed by atoms with Gasteiger partial charge >= 0.3 is 5.97 Å². The fourth-order valence-electron chi connectivity index (χ4n) is 1.18. The monoisotopic (exact) mass is 228 g/mol. The molecule has 0 aliphatic heterocycles. The molecule has 0 heterocycles. The van der Waals surface area contributed by atoms with E-state index in [0.717, 1.165) is 10.5 Å². The van der Waals surface area contributed by atoms with Gasteiger partial charge in [-0.3, -0.25) is 4.21 Å². The first-order chi connectivity index (χ1) is 7.00. The van der Waals surface area contributed by atoms with E-state index in [-0.39, 0.29) is 6.61 Å². The molecule has 4 nitrogen and oxygen atoms in total. The Kier molecular flexibility index (Phi) is 3.85. The van der Waals surface area contributed by atoms with E-state index in [9.17, 15) is 9.00 Å². The minimum atomic E-state index is -1.03. The van der Waals surface area contributed by atoms with Crippen LogP contribution in [-0.4, -0.2) is 28.1 Å². The van der Waals surface area contributed by atoms with E-state index in [4.69, 9.17) is 9.84 Å². The maximum absolute atomic E-state index is 11.2. The van der Waals surface area contributed by atoms with Gasteiger partial charge in [0.1, 0.15) is 5.75 Å². The molecule has 1 atom stereocenters. The number of carbonyl (C=O) groups is 1. The summed E-state index contributed by atoms with van der Waals surface area (Å²) in [5.74, 6) is -0.542. The van der Waals surface area contributed by atoms with Crippen LogP contribution in [0.5, 0.6) is 5.75 Å². The van der Waals surface area contributed by atoms with Gasteiger partial charge in [0.2, 0.25) is 0 Å². The Hall–Kier alpha value is -1.36. The molecule has 0 aliphatic carbocycles. The van der Waals surface area contributed by atoms with Gasteiger partial charge in [0.05, 0.1) is 10.8 Å². The maximum atomic E-state index is 11.2. The lowest BCUT2D eigenvalue weighted by molar-refractivity contribution is -0.139. The van der Waals surface area contributed by atoms with Crippen molar-refractivity contribution in [3.8, 4) is 5.75 Å². The lowest BCUT2D eigenvalue weighted by atomic mass is 10.2. The summed E-state index contributed by atoms with van der Waals surface area (Å²) in [5, 5.41) is 8.41. The van der Waals surface area contributed by atoms with Gasteiger partial charge in [-0.15, -0.1) is 0 Å². The second-order valence-corrected chi connectivity index (χ2v) is 4.41. The van der Waals surface area contributed by atoms with Crippen LogP contribution in [0.25, 0.3) is 0 Å². The molecular weight excluding hydrogens is 216 g/mol. The standard InChI is InChI=1S/C10H12O4S/c1-7-5-8(14-6-10(11)12)3-4-9(7)15(2)13/h3-5H,6H2,1-2H3,(H,11,12)/t15-/m0/s1. The predicted molar refractivity (Wildman–Crippen MR) is 56.6 cm³/mol. The summed E-state index contributed by atoms with van der Waals surface area (Å²) >= 11 is 0. The average Bonchev–Trinajstić information content (AvgIpc) is 2.14. The number of carboxylic acid groups (broad SMARTS) is 1. The minimum Gasteiger partial charge on any atom is -0.482 e. The smallest absolute Gasteiger partial charge is 0.341 e. The van der Waals surface area contributed by atoms with Crippen molar-refractivity contribution in [2.75, 3.05) is 12.9 Å². The van der Waals surface area contributed by atoms with Crippen molar-refractivity contribution in [2.24, 2.45) is 0 Å². The number of benzene rings is 1. The van der Waals surface area contributed by atoms with Crippen molar-refractivity contribution in [1.82, 2.24) is 0 Å². The van der Waals surface area contributed by atoms with Gasteiger partial charge in [-0.2, -0.15) is 0 Å². The minimum absolute atomic E-state index is 0.367. The van der Waals surface area contributed by atoms with E-state index in [0.29, 0.717) is 5.75 Å². The van der Waals surface area contributed by atoms with Crippen molar-refractivity contribution in [1.29, 1.82) is 0 Å². The van der Waals surface area contributed by atoms with Gasteiger partial charge in [-0.05, 0) is 30.7 Å². The summed E-state index contributed by atoms with van der Waals surface area (Å²) in [4.78, 5) is 11.0. The van der Waals surface area contributed by atoms with Gasteiger partial charge in [-0.25, -0.2) is 4.79 Å². The molecule has 1 N–H and O–H groups in total. The first-order valence-corrected chi connectivity index (χ1v) is 5.85. The molecule has 1 rings (SSSR count). The number of aliphatic carboxylic acids is 1. The molecule has 0 saturated heterocycles. The molecular formula is C10H12O4S. The number of ether oxygens (including phenoxy) is 1. The largest absolute Gasteiger partial charge is 0.482 e. The first-order valence-electron chi connectivity index (χ1n) is 4.29. The summed E-state index contributed by atoms with van der Waals surface area (Å²) in [6.07, 6.45) is 1.60. The van der Waals surface area contributed by atoms with Crippen LogP contribution >= 0.6 is 0 Å². The molecule has 0 aromatic heterocycles. The van der Waals surface area contributed by atoms with Gasteiger partial charge in [0.25, 0.3) is 0 Å². The Morgan fingerprint density at radius 2 is 2.20 bits per heavy atom. The number of aryl methyl sites for hydroxylation is 1. The zero-order valence-electron chi connectivity index (χ0n) is 8.52. The Labute approximate surface area is 90.3 Å². The van der Waals surface area contributed by atoms with E-state index in [1.165, 1.54) is 0 Å². The normalized spacial score (nSPS) is 12.1. The van der Waals surface area contributed by atoms with Crippen LogP contribution in [0.2, 0.25) is 0 Å². The lowest BCUT2D eigenvalue weighted by Crippen LogP contribution is -2.09. The summed E-state index contributed by atoms with van der Waals surface area (Å²) < 4.78 is 16.2. The van der Waals surface area contributed by atoms with Gasteiger partial charge < -0.3 is 9.84 Å². The Morgan fingerprint density at radius 3 is 2.67 bits per heavy atom. The third-order valence-electron chi connectivity index (χ3n) is 1.82. The maximum Gasteiger partial charge on any atom is 0.341 e. The summed E-state index contributed by atoms with van der Waals surface area (Å²) in [5.41, 5.74) is 0.832. The van der Waals surface area contributed by atoms with E-state index in [1.807, 2.05) is 6.92 Å². The molecule has 0 unspecified atom stereocenters. The Morgan fingerprint density at radius 1 is 1.53 bits per heavy atom. The lowest BCUT2D eigenvalue weighted by Gasteiger charge is -2.06. The zero-order chi connectivity index (χ0) is 11.4. The molecule has 82 valence electrons. The summed E-state index contributed by atoms with van der Waals surface area (Å²) in [7, 11) is -1.03. The van der Waals surface area contributed by atoms with Crippen LogP contribution in [0.15, 0.2) is 23.1 Å². The first kappa shape index (κ1) is 11.7. The van der Waals surface area contributed by atoms with Gasteiger partial charge in [0.15, 0.2) is 6.61 Å². The highest BCUT2D eigenvalue weighted by atomic mass is 32.2. The van der Waals surface area contributed by atoms with Crippen molar-refractivity contribution in [3.63, 3.8) is 0 Å². The molecule has 1 aromatic rings. The van der Waals surface area contributed by atoms with Crippen molar-refractivity contribution in [2.45, 2.75) is 11.8 Å². The second kappa shape index (κ2) is 4.93. The number of hydrogen-bond donors (Lipinski definition) is 1. The van der Waals surface area contributed by atoms with E-state index >= 15 is 0 Å². The van der Waals surface area contributed by atoms with Crippen LogP contribution in [0.3, 0.4) is 0 Å². The molecule has 0 aliphatic rings. The summed E-state index contributed by atoms with van der Waals surface area (Å²) in [6.45, 7) is 1.44. The van der Waals surface area contributed by atoms with Crippen LogP contribution in [0.4, 0.5) is 0 Å². The number of carboxylic acids is 1. The predicted octanol–water partition coefficient (Wildman–Crippen LogP) is 1.20. The molecule has 0 bridgehead atoms. The highest BCUT2D eigenvalue weighted by Crippen LogP contribution is 2.19. The Bertz CT molecular complexity index is 400. The quantitative estimate of drug-likeness (QED) is 0.841. The van der Waals surface area contributed by atoms with Crippen LogP contribution in [0.1, 0.15) is 5.56 Å². The number of hydrogen-bond acceptors (Lipinski definition) is 3. The zero-order valence-corrected chi connectivity index (χ0v) is 9.34. The molecule has 15 heavy (non-hydrogen) atoms. The fourth-order valence-corrected chi connectivity index (χ4v) is 1.95. The van der Waals surface area contributed by atoms with Crippen LogP contribution < -0.4 is 4.74 Å². The SMILES string of the molecule is Cc1cc(OCC(=O)O)ccc1[S@](C)=O. The van der Waals surface area contributed by atoms with Crippen molar-refractivity contribution >= 4 is 16.8 Å². The van der Waals surface area contributed by atoms with E-state index in [2.05, 4.69) is 0 Å². The average molecular weight is 228 g/mol. The van der Waals surface area contributed by atoms with Crippen LogP contribution in [-0.2, 0) is 15.6 Å². The highest BCUT2D eigenvalue weighted by molar-refractivity contribution is 7.84. The Balaban J connectivity index is 2.82. The van der Waals surface area contributed by atoms with Crippen molar-refractivity contribution in [3.05, 3.63) is 23.8 Å². The third kappa shape index (κ3) is 3.36. The van der Waals surface area contributed by atoms with Crippen molar-refractivity contribution < 1.29 is 18.8 Å². The topological polar surface area (TPSA) is 63.6 Å². The number of rotatable bonds is 4. The molecule has 0 amide bonds. The van der Waals surface area contributed by atoms with E-state index in [1.54, 1.807) is 24.5 Å². The second-order valence-electron chi connectivity index (χ2n) is 3.06. The molecule has 0 saturated carbocycles. The third-order valence-corrected chi connectivity index (χ3v) is 2.90. The van der Waals surface area contributed by atoms with Gasteiger partial charge in [-0.1, -0.05) is 0 Å². The van der Waals surface area contributed by atoms with Gasteiger partial charge in [0, 0.05) is 11.2 Å². The summed E-state index contributed by atoms with van der Waals surface area (Å²) in [6, 6.07) is 4.98. The van der Waals surface area contributed by atoms with E-state index < -0.39 is 16.8 Å². The fraction of sp³-hybridized carbons (Fsp3) is 0.300. The molecule has 0 radical (unpaired) electrons. The van der Waals surface area contributed by atoms with Crippen LogP contribution in [0, 0.1) is 6.92 Å². The highest BCUT2D eigenvalue weighted by Gasteiger charge is 2.05. The molecule has 0 spiro atoms. The molecule has 5 heteroatoms. The molecule has 0 fully saturated rings.